The summed E-state index contributed by atoms with van der Waals surface area (Å²) in [7, 11) is 0. The highest BCUT2D eigenvalue weighted by atomic mass is 35.5. The number of nitrogens with two attached hydrogens (primary N) is 1. The Balaban J connectivity index is 0.00000220. The van der Waals surface area contributed by atoms with Gasteiger partial charge in [0, 0.05) is 24.7 Å². The van der Waals surface area contributed by atoms with E-state index in [0.717, 1.165) is 11.3 Å². The molecular formula is C15H22ClN3O2. The number of benzene rings is 1. The summed E-state index contributed by atoms with van der Waals surface area (Å²) in [5.74, 6) is -0.212. The Morgan fingerprint density at radius 2 is 2.05 bits per heavy atom. The molecule has 116 valence electrons. The first kappa shape index (κ1) is 17.5. The van der Waals surface area contributed by atoms with Gasteiger partial charge < -0.3 is 16.0 Å². The Labute approximate surface area is 131 Å². The van der Waals surface area contributed by atoms with E-state index in [2.05, 4.69) is 5.32 Å². The zero-order valence-corrected chi connectivity index (χ0v) is 13.2. The van der Waals surface area contributed by atoms with Crippen LogP contribution in [0.1, 0.15) is 25.3 Å². The molecule has 21 heavy (non-hydrogen) atoms. The molecule has 3 N–H and O–H groups in total. The molecule has 0 saturated carbocycles. The van der Waals surface area contributed by atoms with E-state index >= 15 is 0 Å². The van der Waals surface area contributed by atoms with Gasteiger partial charge >= 0.3 is 0 Å². The van der Waals surface area contributed by atoms with E-state index in [0.29, 0.717) is 13.0 Å². The number of amides is 2. The second kappa shape index (κ2) is 7.43. The molecule has 2 unspecified atom stereocenters. The maximum Gasteiger partial charge on any atom is 0.249 e. The van der Waals surface area contributed by atoms with Crippen LogP contribution in [0.5, 0.6) is 0 Å². The van der Waals surface area contributed by atoms with Crippen LogP contribution < -0.4 is 16.0 Å². The van der Waals surface area contributed by atoms with Gasteiger partial charge in [0.15, 0.2) is 0 Å². The van der Waals surface area contributed by atoms with Gasteiger partial charge in [0.2, 0.25) is 11.8 Å². The minimum atomic E-state index is -0.428. The summed E-state index contributed by atoms with van der Waals surface area (Å²) in [6, 6.07) is 7.19. The highest BCUT2D eigenvalue weighted by molar-refractivity contribution is 6.01. The molecule has 0 aliphatic carbocycles. The van der Waals surface area contributed by atoms with Gasteiger partial charge in [-0.25, -0.2) is 0 Å². The van der Waals surface area contributed by atoms with Crippen molar-refractivity contribution in [1.29, 1.82) is 0 Å². The van der Waals surface area contributed by atoms with Gasteiger partial charge in [-0.05, 0) is 32.4 Å². The summed E-state index contributed by atoms with van der Waals surface area (Å²) in [5, 5.41) is 2.76. The third-order valence-corrected chi connectivity index (χ3v) is 3.39. The number of hydrogen-bond donors (Lipinski definition) is 2. The molecule has 1 saturated heterocycles. The van der Waals surface area contributed by atoms with E-state index in [-0.39, 0.29) is 36.7 Å². The summed E-state index contributed by atoms with van der Waals surface area (Å²) in [4.78, 5) is 25.7. The van der Waals surface area contributed by atoms with Crippen LogP contribution in [0.4, 0.5) is 5.69 Å². The van der Waals surface area contributed by atoms with E-state index in [1.54, 1.807) is 11.8 Å². The predicted octanol–water partition coefficient (Wildman–Crippen LogP) is 1.38. The van der Waals surface area contributed by atoms with Crippen molar-refractivity contribution in [2.75, 3.05) is 11.4 Å². The Morgan fingerprint density at radius 1 is 1.43 bits per heavy atom. The maximum atomic E-state index is 12.3. The number of aryl methyl sites for hydroxylation is 1. The molecule has 1 aliphatic rings. The largest absolute Gasteiger partial charge is 0.344 e. The van der Waals surface area contributed by atoms with E-state index in [1.165, 1.54) is 0 Å². The normalized spacial score (nSPS) is 19.1. The average Bonchev–Trinajstić information content (AvgIpc) is 2.71. The van der Waals surface area contributed by atoms with Gasteiger partial charge in [-0.1, -0.05) is 17.7 Å². The van der Waals surface area contributed by atoms with Crippen molar-refractivity contribution in [1.82, 2.24) is 5.32 Å². The standard InChI is InChI=1S/C15H21N3O2.ClH/c1-10-3-5-12(6-4-10)18-8-7-13(15(18)20)17-14(19)9-11(2)16;/h3-6,11,13H,7-9,16H2,1-2H3,(H,17,19);1H. The summed E-state index contributed by atoms with van der Waals surface area (Å²) < 4.78 is 0. The fourth-order valence-corrected chi connectivity index (χ4v) is 2.34. The molecule has 1 aliphatic heterocycles. The molecule has 5 nitrogen and oxygen atoms in total. The van der Waals surface area contributed by atoms with Crippen molar-refractivity contribution >= 4 is 29.9 Å². The molecule has 2 amide bonds. The maximum absolute atomic E-state index is 12.3. The summed E-state index contributed by atoms with van der Waals surface area (Å²) in [6.07, 6.45) is 0.881. The number of halogens is 1. The molecule has 1 fully saturated rings. The SMILES string of the molecule is Cc1ccc(N2CCC(NC(=O)CC(C)N)C2=O)cc1.Cl. The molecule has 1 heterocycles. The van der Waals surface area contributed by atoms with Gasteiger partial charge in [0.1, 0.15) is 6.04 Å². The highest BCUT2D eigenvalue weighted by Gasteiger charge is 2.33. The molecule has 2 atom stereocenters. The van der Waals surface area contributed by atoms with Crippen LogP contribution in [0.15, 0.2) is 24.3 Å². The summed E-state index contributed by atoms with van der Waals surface area (Å²) in [6.45, 7) is 4.41. The molecule has 2 rings (SSSR count). The third kappa shape index (κ3) is 4.44. The van der Waals surface area contributed by atoms with Gasteiger partial charge in [-0.2, -0.15) is 0 Å². The Morgan fingerprint density at radius 3 is 2.62 bits per heavy atom. The molecule has 0 aromatic heterocycles. The molecule has 0 spiro atoms. The number of carbonyl (C=O) groups excluding carboxylic acids is 2. The lowest BCUT2D eigenvalue weighted by Crippen LogP contribution is -2.42. The molecule has 1 aromatic rings. The van der Waals surface area contributed by atoms with Gasteiger partial charge in [-0.3, -0.25) is 9.59 Å². The van der Waals surface area contributed by atoms with Crippen molar-refractivity contribution in [3.63, 3.8) is 0 Å². The van der Waals surface area contributed by atoms with Crippen LogP contribution in [0.3, 0.4) is 0 Å². The summed E-state index contributed by atoms with van der Waals surface area (Å²) in [5.41, 5.74) is 7.61. The zero-order chi connectivity index (χ0) is 14.7. The minimum absolute atomic E-state index is 0. The van der Waals surface area contributed by atoms with Crippen LogP contribution in [-0.2, 0) is 9.59 Å². The summed E-state index contributed by atoms with van der Waals surface area (Å²) >= 11 is 0. The second-order valence-corrected chi connectivity index (χ2v) is 5.42. The molecule has 1 aromatic carbocycles. The lowest BCUT2D eigenvalue weighted by molar-refractivity contribution is -0.126. The Kier molecular flexibility index (Phi) is 6.18. The van der Waals surface area contributed by atoms with Crippen LogP contribution >= 0.6 is 12.4 Å². The van der Waals surface area contributed by atoms with Crippen LogP contribution in [0.2, 0.25) is 0 Å². The Bertz CT molecular complexity index is 502. The first-order valence-electron chi connectivity index (χ1n) is 6.90. The molecule has 0 bridgehead atoms. The van der Waals surface area contributed by atoms with Crippen molar-refractivity contribution in [3.8, 4) is 0 Å². The number of rotatable bonds is 4. The van der Waals surface area contributed by atoms with Crippen LogP contribution in [0.25, 0.3) is 0 Å². The number of hydrogen-bond acceptors (Lipinski definition) is 3. The van der Waals surface area contributed by atoms with Crippen LogP contribution in [-0.4, -0.2) is 30.4 Å². The van der Waals surface area contributed by atoms with Gasteiger partial charge in [0.25, 0.3) is 0 Å². The van der Waals surface area contributed by atoms with E-state index < -0.39 is 6.04 Å². The van der Waals surface area contributed by atoms with Crippen LogP contribution in [0, 0.1) is 6.92 Å². The fourth-order valence-electron chi connectivity index (χ4n) is 2.34. The quantitative estimate of drug-likeness (QED) is 0.882. The Hall–Kier alpha value is -1.59. The average molecular weight is 312 g/mol. The van der Waals surface area contributed by atoms with E-state index in [9.17, 15) is 9.59 Å². The van der Waals surface area contributed by atoms with E-state index in [1.807, 2.05) is 31.2 Å². The first-order valence-corrected chi connectivity index (χ1v) is 6.90. The molecule has 0 radical (unpaired) electrons. The van der Waals surface area contributed by atoms with E-state index in [4.69, 9.17) is 5.73 Å². The fraction of sp³-hybridized carbons (Fsp3) is 0.467. The zero-order valence-electron chi connectivity index (χ0n) is 12.3. The second-order valence-electron chi connectivity index (χ2n) is 5.42. The number of nitrogens with zero attached hydrogens (tertiary/aromatic N) is 1. The van der Waals surface area contributed by atoms with Gasteiger partial charge in [-0.15, -0.1) is 12.4 Å². The predicted molar refractivity (Wildman–Crippen MR) is 85.6 cm³/mol. The minimum Gasteiger partial charge on any atom is -0.344 e. The first-order chi connectivity index (χ1) is 9.47. The molecular weight excluding hydrogens is 290 g/mol. The highest BCUT2D eigenvalue weighted by Crippen LogP contribution is 2.22. The van der Waals surface area contributed by atoms with Crippen molar-refractivity contribution in [2.24, 2.45) is 5.73 Å². The lowest BCUT2D eigenvalue weighted by atomic mass is 10.2. The van der Waals surface area contributed by atoms with Crippen molar-refractivity contribution in [2.45, 2.75) is 38.8 Å². The van der Waals surface area contributed by atoms with Crippen molar-refractivity contribution in [3.05, 3.63) is 29.8 Å². The lowest BCUT2D eigenvalue weighted by Gasteiger charge is -2.17. The number of anilines is 1. The third-order valence-electron chi connectivity index (χ3n) is 3.39. The van der Waals surface area contributed by atoms with Gasteiger partial charge in [0.05, 0.1) is 0 Å². The van der Waals surface area contributed by atoms with Crippen molar-refractivity contribution < 1.29 is 9.59 Å². The number of nitrogens with one attached hydrogen (secondary N) is 1. The smallest absolute Gasteiger partial charge is 0.249 e. The topological polar surface area (TPSA) is 75.4 Å². The monoisotopic (exact) mass is 311 g/mol. The molecule has 6 heteroatoms. The number of carbonyl (C=O) groups is 2.